The molecule has 0 aromatic rings. The summed E-state index contributed by atoms with van der Waals surface area (Å²) in [5.41, 5.74) is -0.646. The van der Waals surface area contributed by atoms with Gasteiger partial charge in [0.2, 0.25) is 11.8 Å². The number of carbonyl (C=O) groups excluding carboxylic acids is 2. The lowest BCUT2D eigenvalue weighted by atomic mass is 9.86. The molecule has 0 aromatic heterocycles. The smallest absolute Gasteiger partial charge is 0.226 e. The third kappa shape index (κ3) is 3.07. The van der Waals surface area contributed by atoms with E-state index in [0.717, 1.165) is 51.6 Å². The van der Waals surface area contributed by atoms with E-state index in [0.29, 0.717) is 19.0 Å². The standard InChI is InChI=1S/C16H26N2O3/c1-2-7-16(21)10-18(11-16)15(20)13-5-8-17(9-6-13)14(19)12-3-4-12/h12-13,21H,2-11H2,1H3. The van der Waals surface area contributed by atoms with Gasteiger partial charge in [0, 0.05) is 24.9 Å². The van der Waals surface area contributed by atoms with Gasteiger partial charge < -0.3 is 14.9 Å². The van der Waals surface area contributed by atoms with Crippen LogP contribution >= 0.6 is 0 Å². The maximum atomic E-state index is 12.4. The molecule has 3 aliphatic rings. The Bertz CT molecular complexity index is 419. The molecule has 0 radical (unpaired) electrons. The molecule has 0 unspecified atom stereocenters. The molecule has 2 amide bonds. The first-order valence-corrected chi connectivity index (χ1v) is 8.32. The molecule has 118 valence electrons. The van der Waals surface area contributed by atoms with Crippen LogP contribution in [0.4, 0.5) is 0 Å². The van der Waals surface area contributed by atoms with E-state index in [1.807, 2.05) is 4.90 Å². The summed E-state index contributed by atoms with van der Waals surface area (Å²) in [5, 5.41) is 10.2. The molecule has 0 atom stereocenters. The minimum Gasteiger partial charge on any atom is -0.386 e. The van der Waals surface area contributed by atoms with Crippen LogP contribution in [0, 0.1) is 11.8 Å². The summed E-state index contributed by atoms with van der Waals surface area (Å²) < 4.78 is 0. The normalized spacial score (nSPS) is 25.6. The molecule has 1 aliphatic carbocycles. The van der Waals surface area contributed by atoms with Crippen molar-refractivity contribution in [3.05, 3.63) is 0 Å². The average Bonchev–Trinajstić information content (AvgIpc) is 3.28. The number of aliphatic hydroxyl groups is 1. The van der Waals surface area contributed by atoms with Crippen molar-refractivity contribution in [2.45, 2.75) is 51.0 Å². The molecule has 2 saturated heterocycles. The molecule has 3 fully saturated rings. The second-order valence-corrected chi connectivity index (χ2v) is 7.04. The Morgan fingerprint density at radius 1 is 1.00 bits per heavy atom. The monoisotopic (exact) mass is 294 g/mol. The zero-order chi connectivity index (χ0) is 15.0. The van der Waals surface area contributed by atoms with Gasteiger partial charge in [0.15, 0.2) is 0 Å². The molecule has 2 heterocycles. The van der Waals surface area contributed by atoms with Gasteiger partial charge in [-0.15, -0.1) is 0 Å². The van der Waals surface area contributed by atoms with Crippen LogP contribution in [0.3, 0.4) is 0 Å². The Morgan fingerprint density at radius 2 is 1.52 bits per heavy atom. The van der Waals surface area contributed by atoms with Crippen LogP contribution in [0.25, 0.3) is 0 Å². The van der Waals surface area contributed by atoms with Crippen LogP contribution in [-0.2, 0) is 9.59 Å². The van der Waals surface area contributed by atoms with Crippen molar-refractivity contribution in [2.75, 3.05) is 26.2 Å². The summed E-state index contributed by atoms with van der Waals surface area (Å²) in [6.45, 7) is 4.47. The fourth-order valence-corrected chi connectivity index (χ4v) is 3.64. The van der Waals surface area contributed by atoms with Gasteiger partial charge in [-0.05, 0) is 32.1 Å². The molecule has 0 bridgehead atoms. The first-order valence-electron chi connectivity index (χ1n) is 8.32. The highest BCUT2D eigenvalue weighted by Crippen LogP contribution is 2.33. The molecule has 5 heteroatoms. The summed E-state index contributed by atoms with van der Waals surface area (Å²) in [7, 11) is 0. The fraction of sp³-hybridized carbons (Fsp3) is 0.875. The summed E-state index contributed by atoms with van der Waals surface area (Å²) >= 11 is 0. The minimum absolute atomic E-state index is 0.0411. The van der Waals surface area contributed by atoms with Crippen molar-refractivity contribution < 1.29 is 14.7 Å². The number of β-amino-alcohol motifs (C(OH)–C–C–N with tert-alkyl or cyclic N) is 1. The minimum atomic E-state index is -0.646. The number of hydrogen-bond donors (Lipinski definition) is 1. The van der Waals surface area contributed by atoms with Crippen LogP contribution in [-0.4, -0.2) is 58.5 Å². The van der Waals surface area contributed by atoms with E-state index in [2.05, 4.69) is 6.92 Å². The van der Waals surface area contributed by atoms with Gasteiger partial charge >= 0.3 is 0 Å². The number of amides is 2. The molecule has 3 rings (SSSR count). The fourth-order valence-electron chi connectivity index (χ4n) is 3.64. The summed E-state index contributed by atoms with van der Waals surface area (Å²) in [6.07, 6.45) is 5.36. The highest BCUT2D eigenvalue weighted by atomic mass is 16.3. The van der Waals surface area contributed by atoms with Crippen molar-refractivity contribution in [2.24, 2.45) is 11.8 Å². The van der Waals surface area contributed by atoms with E-state index < -0.39 is 5.60 Å². The second-order valence-electron chi connectivity index (χ2n) is 7.04. The lowest BCUT2D eigenvalue weighted by Gasteiger charge is -2.48. The topological polar surface area (TPSA) is 60.9 Å². The van der Waals surface area contributed by atoms with Gasteiger partial charge in [0.25, 0.3) is 0 Å². The summed E-state index contributed by atoms with van der Waals surface area (Å²) in [6, 6.07) is 0. The van der Waals surface area contributed by atoms with E-state index in [-0.39, 0.29) is 17.7 Å². The van der Waals surface area contributed by atoms with Gasteiger partial charge in [-0.25, -0.2) is 0 Å². The zero-order valence-electron chi connectivity index (χ0n) is 12.9. The zero-order valence-corrected chi connectivity index (χ0v) is 12.9. The lowest BCUT2D eigenvalue weighted by molar-refractivity contribution is -0.162. The maximum absolute atomic E-state index is 12.4. The Kier molecular flexibility index (Phi) is 3.95. The van der Waals surface area contributed by atoms with Crippen LogP contribution in [0.1, 0.15) is 45.4 Å². The quantitative estimate of drug-likeness (QED) is 0.842. The van der Waals surface area contributed by atoms with Crippen LogP contribution in [0.15, 0.2) is 0 Å². The highest BCUT2D eigenvalue weighted by Gasteiger charge is 2.45. The van der Waals surface area contributed by atoms with Crippen LogP contribution in [0.5, 0.6) is 0 Å². The largest absolute Gasteiger partial charge is 0.386 e. The van der Waals surface area contributed by atoms with E-state index >= 15 is 0 Å². The summed E-state index contributed by atoms with van der Waals surface area (Å²) in [4.78, 5) is 28.1. The van der Waals surface area contributed by atoms with Crippen molar-refractivity contribution >= 4 is 11.8 Å². The van der Waals surface area contributed by atoms with E-state index in [1.165, 1.54) is 0 Å². The van der Waals surface area contributed by atoms with Gasteiger partial charge in [0.1, 0.15) is 0 Å². The molecule has 1 saturated carbocycles. The number of nitrogens with zero attached hydrogens (tertiary/aromatic N) is 2. The third-order valence-electron chi connectivity index (χ3n) is 5.08. The van der Waals surface area contributed by atoms with Gasteiger partial charge in [-0.2, -0.15) is 0 Å². The van der Waals surface area contributed by atoms with Gasteiger partial charge in [-0.1, -0.05) is 13.3 Å². The van der Waals surface area contributed by atoms with Crippen LogP contribution < -0.4 is 0 Å². The third-order valence-corrected chi connectivity index (χ3v) is 5.08. The molecule has 2 aliphatic heterocycles. The Hall–Kier alpha value is -1.10. The maximum Gasteiger partial charge on any atom is 0.226 e. The van der Waals surface area contributed by atoms with E-state index in [9.17, 15) is 14.7 Å². The van der Waals surface area contributed by atoms with Gasteiger partial charge in [0.05, 0.1) is 18.7 Å². The predicted octanol–water partition coefficient (Wildman–Crippen LogP) is 1.01. The van der Waals surface area contributed by atoms with Crippen molar-refractivity contribution in [1.82, 2.24) is 9.80 Å². The molecular formula is C16H26N2O3. The Morgan fingerprint density at radius 3 is 2.05 bits per heavy atom. The van der Waals surface area contributed by atoms with Crippen molar-refractivity contribution in [3.8, 4) is 0 Å². The average molecular weight is 294 g/mol. The molecule has 21 heavy (non-hydrogen) atoms. The number of hydrogen-bond acceptors (Lipinski definition) is 3. The number of rotatable bonds is 4. The first kappa shape index (κ1) is 14.8. The Balaban J connectivity index is 1.44. The predicted molar refractivity (Wildman–Crippen MR) is 78.5 cm³/mol. The molecule has 5 nitrogen and oxygen atoms in total. The molecule has 1 N–H and O–H groups in total. The number of piperidine rings is 1. The highest BCUT2D eigenvalue weighted by molar-refractivity contribution is 5.82. The second kappa shape index (κ2) is 5.59. The number of likely N-dealkylation sites (tertiary alicyclic amines) is 2. The van der Waals surface area contributed by atoms with Crippen molar-refractivity contribution in [1.29, 1.82) is 0 Å². The van der Waals surface area contributed by atoms with E-state index in [4.69, 9.17) is 0 Å². The molecule has 0 aromatic carbocycles. The summed E-state index contributed by atoms with van der Waals surface area (Å²) in [5.74, 6) is 0.785. The first-order chi connectivity index (χ1) is 10.0. The van der Waals surface area contributed by atoms with E-state index in [1.54, 1.807) is 4.90 Å². The SMILES string of the molecule is CCCC1(O)CN(C(=O)C2CCN(C(=O)C3CC3)CC2)C1. The molecular weight excluding hydrogens is 268 g/mol. The van der Waals surface area contributed by atoms with Crippen LogP contribution in [0.2, 0.25) is 0 Å². The van der Waals surface area contributed by atoms with Crippen molar-refractivity contribution in [3.63, 3.8) is 0 Å². The number of carbonyl (C=O) groups is 2. The molecule has 0 spiro atoms. The lowest BCUT2D eigenvalue weighted by Crippen LogP contribution is -2.64. The Labute approximate surface area is 126 Å². The van der Waals surface area contributed by atoms with Gasteiger partial charge in [-0.3, -0.25) is 9.59 Å².